The number of amides is 3. The quantitative estimate of drug-likeness (QED) is 0.642. The van der Waals surface area contributed by atoms with Crippen molar-refractivity contribution in [2.45, 2.75) is 19.4 Å². The van der Waals surface area contributed by atoms with Crippen LogP contribution in [0.2, 0.25) is 0 Å². The van der Waals surface area contributed by atoms with Gasteiger partial charge in [0.2, 0.25) is 0 Å². The average molecular weight is 375 g/mol. The van der Waals surface area contributed by atoms with E-state index in [9.17, 15) is 14.4 Å². The van der Waals surface area contributed by atoms with E-state index in [0.717, 1.165) is 5.56 Å². The van der Waals surface area contributed by atoms with Gasteiger partial charge in [-0.25, -0.2) is 0 Å². The number of furan rings is 1. The Morgan fingerprint density at radius 1 is 1.08 bits per heavy atom. The summed E-state index contributed by atoms with van der Waals surface area (Å²) in [5, 5.41) is 2.62. The molecule has 3 amide bonds. The third kappa shape index (κ3) is 5.66. The standard InChI is InChI=1S/C18H21N3O4S/c1-12-5-7-13(8-6-12)16(22)20-21-17(23)14(9-11-26-2)19-18(24)15-4-3-10-25-15/h3-8,10,14H,9,11H2,1-2H3,(H,19,24)(H,20,22)(H,21,23). The van der Waals surface area contributed by atoms with Crippen molar-refractivity contribution in [3.05, 3.63) is 59.5 Å². The number of hydrogen-bond donors (Lipinski definition) is 3. The Kier molecular flexibility index (Phi) is 7.28. The molecule has 0 aliphatic rings. The van der Waals surface area contributed by atoms with Gasteiger partial charge < -0.3 is 9.73 Å². The zero-order valence-electron chi connectivity index (χ0n) is 14.6. The number of nitrogens with one attached hydrogen (secondary N) is 3. The highest BCUT2D eigenvalue weighted by molar-refractivity contribution is 7.98. The number of carbonyl (C=O) groups is 3. The normalized spacial score (nSPS) is 11.5. The molecule has 2 aromatic rings. The fraction of sp³-hybridized carbons (Fsp3) is 0.278. The minimum absolute atomic E-state index is 0.121. The zero-order valence-corrected chi connectivity index (χ0v) is 15.4. The summed E-state index contributed by atoms with van der Waals surface area (Å²) in [7, 11) is 0. The molecule has 3 N–H and O–H groups in total. The van der Waals surface area contributed by atoms with Crippen LogP contribution in [0, 0.1) is 6.92 Å². The second-order valence-corrected chi connectivity index (χ2v) is 6.58. The second-order valence-electron chi connectivity index (χ2n) is 5.59. The molecule has 8 heteroatoms. The summed E-state index contributed by atoms with van der Waals surface area (Å²) in [5.74, 6) is -0.627. The third-order valence-corrected chi connectivity index (χ3v) is 4.23. The Hall–Kier alpha value is -2.74. The van der Waals surface area contributed by atoms with Gasteiger partial charge in [-0.2, -0.15) is 11.8 Å². The molecular formula is C18H21N3O4S. The number of benzene rings is 1. The van der Waals surface area contributed by atoms with Gasteiger partial charge in [-0.3, -0.25) is 25.2 Å². The van der Waals surface area contributed by atoms with Crippen LogP contribution in [-0.4, -0.2) is 35.8 Å². The Bertz CT molecular complexity index is 744. The summed E-state index contributed by atoms with van der Waals surface area (Å²) < 4.78 is 5.03. The Morgan fingerprint density at radius 2 is 1.81 bits per heavy atom. The summed E-state index contributed by atoms with van der Waals surface area (Å²) in [6.07, 6.45) is 3.70. The lowest BCUT2D eigenvalue weighted by molar-refractivity contribution is -0.123. The topological polar surface area (TPSA) is 100 Å². The average Bonchev–Trinajstić information content (AvgIpc) is 3.18. The van der Waals surface area contributed by atoms with Gasteiger partial charge in [-0.1, -0.05) is 17.7 Å². The fourth-order valence-corrected chi connectivity index (χ4v) is 2.60. The van der Waals surface area contributed by atoms with Crippen LogP contribution in [-0.2, 0) is 4.79 Å². The van der Waals surface area contributed by atoms with E-state index in [0.29, 0.717) is 17.7 Å². The number of rotatable bonds is 7. The van der Waals surface area contributed by atoms with E-state index in [4.69, 9.17) is 4.42 Å². The van der Waals surface area contributed by atoms with Crippen LogP contribution < -0.4 is 16.2 Å². The van der Waals surface area contributed by atoms with E-state index in [1.807, 2.05) is 25.3 Å². The monoisotopic (exact) mass is 375 g/mol. The highest BCUT2D eigenvalue weighted by Gasteiger charge is 2.22. The molecule has 0 spiro atoms. The maximum absolute atomic E-state index is 12.4. The van der Waals surface area contributed by atoms with Crippen molar-refractivity contribution in [3.63, 3.8) is 0 Å². The largest absolute Gasteiger partial charge is 0.459 e. The van der Waals surface area contributed by atoms with Gasteiger partial charge in [-0.15, -0.1) is 0 Å². The minimum atomic E-state index is -0.793. The van der Waals surface area contributed by atoms with Gasteiger partial charge >= 0.3 is 0 Å². The lowest BCUT2D eigenvalue weighted by Crippen LogP contribution is -2.52. The van der Waals surface area contributed by atoms with Crippen molar-refractivity contribution in [1.82, 2.24) is 16.2 Å². The Labute approximate surface area is 155 Å². The first-order valence-corrected chi connectivity index (χ1v) is 9.41. The van der Waals surface area contributed by atoms with Gasteiger partial charge in [0, 0.05) is 5.56 Å². The van der Waals surface area contributed by atoms with E-state index in [1.54, 1.807) is 30.0 Å². The highest BCUT2D eigenvalue weighted by atomic mass is 32.2. The van der Waals surface area contributed by atoms with Crippen LogP contribution >= 0.6 is 11.8 Å². The lowest BCUT2D eigenvalue weighted by Gasteiger charge is -2.18. The molecule has 7 nitrogen and oxygen atoms in total. The molecule has 0 aliphatic carbocycles. The third-order valence-electron chi connectivity index (χ3n) is 3.59. The molecule has 0 saturated heterocycles. The first-order chi connectivity index (χ1) is 12.5. The molecule has 1 aromatic carbocycles. The highest BCUT2D eigenvalue weighted by Crippen LogP contribution is 2.05. The number of hydrogen-bond acceptors (Lipinski definition) is 5. The first kappa shape index (κ1) is 19.6. The molecule has 0 bridgehead atoms. The zero-order chi connectivity index (χ0) is 18.9. The van der Waals surface area contributed by atoms with Crippen LogP contribution in [0.4, 0.5) is 0 Å². The summed E-state index contributed by atoms with van der Waals surface area (Å²) in [4.78, 5) is 36.5. The molecule has 1 aromatic heterocycles. The van der Waals surface area contributed by atoms with Crippen molar-refractivity contribution >= 4 is 29.5 Å². The Balaban J connectivity index is 1.93. The maximum Gasteiger partial charge on any atom is 0.287 e. The predicted octanol–water partition coefficient (Wildman–Crippen LogP) is 1.90. The van der Waals surface area contributed by atoms with Crippen molar-refractivity contribution in [2.24, 2.45) is 0 Å². The number of aryl methyl sites for hydroxylation is 1. The summed E-state index contributed by atoms with van der Waals surface area (Å²) in [5.41, 5.74) is 6.18. The van der Waals surface area contributed by atoms with Crippen molar-refractivity contribution in [2.75, 3.05) is 12.0 Å². The molecule has 1 atom stereocenters. The van der Waals surface area contributed by atoms with E-state index in [2.05, 4.69) is 16.2 Å². The van der Waals surface area contributed by atoms with E-state index < -0.39 is 23.8 Å². The molecule has 2 rings (SSSR count). The van der Waals surface area contributed by atoms with Gasteiger partial charge in [-0.05, 0) is 49.6 Å². The van der Waals surface area contributed by atoms with Gasteiger partial charge in [0.05, 0.1) is 6.26 Å². The number of thioether (sulfide) groups is 1. The van der Waals surface area contributed by atoms with Crippen molar-refractivity contribution < 1.29 is 18.8 Å². The molecule has 0 radical (unpaired) electrons. The fourth-order valence-electron chi connectivity index (χ4n) is 2.12. The molecule has 1 heterocycles. The van der Waals surface area contributed by atoms with E-state index in [1.165, 1.54) is 12.3 Å². The lowest BCUT2D eigenvalue weighted by atomic mass is 10.1. The predicted molar refractivity (Wildman–Crippen MR) is 99.7 cm³/mol. The van der Waals surface area contributed by atoms with Gasteiger partial charge in [0.15, 0.2) is 5.76 Å². The number of hydrazine groups is 1. The molecule has 0 aliphatic heterocycles. The molecule has 0 saturated carbocycles. The molecule has 1 unspecified atom stereocenters. The van der Waals surface area contributed by atoms with Crippen molar-refractivity contribution in [3.8, 4) is 0 Å². The molecule has 0 fully saturated rings. The van der Waals surface area contributed by atoms with Crippen LogP contribution in [0.5, 0.6) is 0 Å². The van der Waals surface area contributed by atoms with Gasteiger partial charge in [0.25, 0.3) is 17.7 Å². The van der Waals surface area contributed by atoms with Crippen molar-refractivity contribution in [1.29, 1.82) is 0 Å². The molecule has 138 valence electrons. The first-order valence-electron chi connectivity index (χ1n) is 8.01. The Morgan fingerprint density at radius 3 is 2.42 bits per heavy atom. The van der Waals surface area contributed by atoms with Crippen LogP contribution in [0.25, 0.3) is 0 Å². The van der Waals surface area contributed by atoms with Crippen LogP contribution in [0.3, 0.4) is 0 Å². The molecular weight excluding hydrogens is 354 g/mol. The van der Waals surface area contributed by atoms with Gasteiger partial charge in [0.1, 0.15) is 6.04 Å². The minimum Gasteiger partial charge on any atom is -0.459 e. The SMILES string of the molecule is CSCCC(NC(=O)c1ccco1)C(=O)NNC(=O)c1ccc(C)cc1. The summed E-state index contributed by atoms with van der Waals surface area (Å²) in [6.45, 7) is 1.92. The van der Waals surface area contributed by atoms with Crippen LogP contribution in [0.15, 0.2) is 47.1 Å². The molecule has 26 heavy (non-hydrogen) atoms. The smallest absolute Gasteiger partial charge is 0.287 e. The number of carbonyl (C=O) groups excluding carboxylic acids is 3. The second kappa shape index (κ2) is 9.67. The maximum atomic E-state index is 12.4. The van der Waals surface area contributed by atoms with Crippen LogP contribution in [0.1, 0.15) is 32.9 Å². The van der Waals surface area contributed by atoms with E-state index >= 15 is 0 Å². The summed E-state index contributed by atoms with van der Waals surface area (Å²) in [6, 6.07) is 9.26. The van der Waals surface area contributed by atoms with E-state index in [-0.39, 0.29) is 5.76 Å². The summed E-state index contributed by atoms with van der Waals surface area (Å²) >= 11 is 1.55.